The Morgan fingerprint density at radius 3 is 2.80 bits per heavy atom. The molecular weight excluding hydrogens is 203 g/mol. The summed E-state index contributed by atoms with van der Waals surface area (Å²) in [5.74, 6) is -0.550. The first-order chi connectivity index (χ1) is 7.10. The molecule has 0 saturated heterocycles. The van der Waals surface area contributed by atoms with Crippen LogP contribution in [0.1, 0.15) is 11.7 Å². The fourth-order valence-electron chi connectivity index (χ4n) is 1.16. The van der Waals surface area contributed by atoms with Crippen LogP contribution in [0, 0.1) is 5.82 Å². The number of nitrogens with two attached hydrogens (primary N) is 1. The predicted octanol–water partition coefficient (Wildman–Crippen LogP) is -0.418. The van der Waals surface area contributed by atoms with Gasteiger partial charge < -0.3 is 20.7 Å². The molecule has 1 rings (SSSR count). The SMILES string of the molecule is COc1ncc(F)cc1C(O)C(O)CN. The quantitative estimate of drug-likeness (QED) is 0.636. The van der Waals surface area contributed by atoms with E-state index in [0.717, 1.165) is 12.3 Å². The molecule has 0 bridgehead atoms. The Balaban J connectivity index is 3.05. The summed E-state index contributed by atoms with van der Waals surface area (Å²) in [6.07, 6.45) is -1.53. The number of methoxy groups -OCH3 is 1. The Morgan fingerprint density at radius 1 is 1.60 bits per heavy atom. The van der Waals surface area contributed by atoms with Crippen molar-refractivity contribution in [3.8, 4) is 5.88 Å². The lowest BCUT2D eigenvalue weighted by Gasteiger charge is -2.17. The molecule has 0 aliphatic heterocycles. The summed E-state index contributed by atoms with van der Waals surface area (Å²) in [6.45, 7) is -0.138. The van der Waals surface area contributed by atoms with E-state index in [4.69, 9.17) is 10.5 Å². The number of hydrogen-bond acceptors (Lipinski definition) is 5. The maximum Gasteiger partial charge on any atom is 0.219 e. The smallest absolute Gasteiger partial charge is 0.219 e. The van der Waals surface area contributed by atoms with Gasteiger partial charge in [-0.25, -0.2) is 9.37 Å². The maximum absolute atomic E-state index is 12.9. The van der Waals surface area contributed by atoms with Gasteiger partial charge in [0.25, 0.3) is 0 Å². The second-order valence-corrected chi connectivity index (χ2v) is 3.00. The highest BCUT2D eigenvalue weighted by molar-refractivity contribution is 5.29. The zero-order chi connectivity index (χ0) is 11.4. The van der Waals surface area contributed by atoms with Crippen molar-refractivity contribution in [2.24, 2.45) is 5.73 Å². The van der Waals surface area contributed by atoms with Crippen LogP contribution in [-0.4, -0.2) is 35.0 Å². The molecule has 0 fully saturated rings. The Kier molecular flexibility index (Phi) is 3.96. The normalized spacial score (nSPS) is 14.7. The van der Waals surface area contributed by atoms with E-state index in [1.54, 1.807) is 0 Å². The number of hydrogen-bond donors (Lipinski definition) is 3. The number of nitrogens with zero attached hydrogens (tertiary/aromatic N) is 1. The lowest BCUT2D eigenvalue weighted by Crippen LogP contribution is -2.27. The Labute approximate surface area is 86.3 Å². The van der Waals surface area contributed by atoms with E-state index in [0.29, 0.717) is 0 Å². The molecule has 2 atom stereocenters. The third kappa shape index (κ3) is 2.62. The zero-order valence-electron chi connectivity index (χ0n) is 8.22. The van der Waals surface area contributed by atoms with Crippen LogP contribution >= 0.6 is 0 Å². The van der Waals surface area contributed by atoms with Crippen LogP contribution in [0.25, 0.3) is 0 Å². The summed E-state index contributed by atoms with van der Waals surface area (Å²) in [5, 5.41) is 18.9. The minimum atomic E-state index is -1.31. The van der Waals surface area contributed by atoms with Crippen molar-refractivity contribution in [2.45, 2.75) is 12.2 Å². The van der Waals surface area contributed by atoms with Gasteiger partial charge in [0.1, 0.15) is 11.9 Å². The number of rotatable bonds is 4. The highest BCUT2D eigenvalue weighted by Gasteiger charge is 2.22. The third-order valence-corrected chi connectivity index (χ3v) is 1.96. The van der Waals surface area contributed by atoms with E-state index in [1.807, 2.05) is 0 Å². The van der Waals surface area contributed by atoms with Gasteiger partial charge in [0.15, 0.2) is 0 Å². The second kappa shape index (κ2) is 5.01. The summed E-state index contributed by atoms with van der Waals surface area (Å²) in [4.78, 5) is 3.63. The van der Waals surface area contributed by atoms with Gasteiger partial charge in [-0.15, -0.1) is 0 Å². The highest BCUT2D eigenvalue weighted by atomic mass is 19.1. The van der Waals surface area contributed by atoms with Crippen LogP contribution in [0.4, 0.5) is 4.39 Å². The molecule has 0 aliphatic rings. The topological polar surface area (TPSA) is 88.6 Å². The number of halogens is 1. The van der Waals surface area contributed by atoms with Crippen molar-refractivity contribution in [3.63, 3.8) is 0 Å². The van der Waals surface area contributed by atoms with Gasteiger partial charge in [-0.05, 0) is 6.07 Å². The van der Waals surface area contributed by atoms with E-state index >= 15 is 0 Å². The van der Waals surface area contributed by atoms with Crippen LogP contribution in [0.5, 0.6) is 5.88 Å². The molecule has 84 valence electrons. The van der Waals surface area contributed by atoms with Crippen LogP contribution in [0.15, 0.2) is 12.3 Å². The van der Waals surface area contributed by atoms with Gasteiger partial charge in [-0.1, -0.05) is 0 Å². The second-order valence-electron chi connectivity index (χ2n) is 3.00. The zero-order valence-corrected chi connectivity index (χ0v) is 8.22. The Hall–Kier alpha value is -1.24. The average Bonchev–Trinajstić information content (AvgIpc) is 2.27. The lowest BCUT2D eigenvalue weighted by atomic mass is 10.1. The third-order valence-electron chi connectivity index (χ3n) is 1.96. The number of pyridine rings is 1. The van der Waals surface area contributed by atoms with Gasteiger partial charge in [-0.2, -0.15) is 0 Å². The summed E-state index contributed by atoms with van der Waals surface area (Å²) in [6, 6.07) is 1.05. The van der Waals surface area contributed by atoms with Crippen molar-refractivity contribution in [2.75, 3.05) is 13.7 Å². The summed E-state index contributed by atoms with van der Waals surface area (Å²) >= 11 is 0. The molecular formula is C9H13FN2O3. The van der Waals surface area contributed by atoms with Crippen LogP contribution in [0.3, 0.4) is 0 Å². The molecule has 2 unspecified atom stereocenters. The highest BCUT2D eigenvalue weighted by Crippen LogP contribution is 2.25. The molecule has 0 aromatic carbocycles. The van der Waals surface area contributed by atoms with Crippen molar-refractivity contribution in [1.82, 2.24) is 4.98 Å². The number of aromatic nitrogens is 1. The minimum Gasteiger partial charge on any atom is -0.481 e. The standard InChI is InChI=1S/C9H13FN2O3/c1-15-9-6(2-5(10)4-12-9)8(14)7(13)3-11/h2,4,7-8,13-14H,3,11H2,1H3. The fourth-order valence-corrected chi connectivity index (χ4v) is 1.16. The molecule has 0 aliphatic carbocycles. The monoisotopic (exact) mass is 216 g/mol. The number of aliphatic hydroxyl groups is 2. The molecule has 15 heavy (non-hydrogen) atoms. The maximum atomic E-state index is 12.9. The largest absolute Gasteiger partial charge is 0.481 e. The van der Waals surface area contributed by atoms with Gasteiger partial charge in [0, 0.05) is 12.1 Å². The molecule has 6 heteroatoms. The van der Waals surface area contributed by atoms with E-state index in [9.17, 15) is 14.6 Å². The molecule has 1 aromatic rings. The molecule has 5 nitrogen and oxygen atoms in total. The van der Waals surface area contributed by atoms with Crippen LogP contribution in [-0.2, 0) is 0 Å². The number of aliphatic hydroxyl groups excluding tert-OH is 2. The van der Waals surface area contributed by atoms with Gasteiger partial charge in [0.2, 0.25) is 5.88 Å². The van der Waals surface area contributed by atoms with E-state index in [-0.39, 0.29) is 18.0 Å². The molecule has 0 amide bonds. The molecule has 1 heterocycles. The van der Waals surface area contributed by atoms with E-state index < -0.39 is 18.0 Å². The first kappa shape index (κ1) is 11.8. The van der Waals surface area contributed by atoms with E-state index in [1.165, 1.54) is 7.11 Å². The van der Waals surface area contributed by atoms with E-state index in [2.05, 4.69) is 4.98 Å². The summed E-state index contributed by atoms with van der Waals surface area (Å²) in [7, 11) is 1.34. The first-order valence-corrected chi connectivity index (χ1v) is 4.35. The van der Waals surface area contributed by atoms with Gasteiger partial charge in [0.05, 0.1) is 19.4 Å². The summed E-state index contributed by atoms with van der Waals surface area (Å²) < 4.78 is 17.7. The lowest BCUT2D eigenvalue weighted by molar-refractivity contribution is 0.0223. The van der Waals surface area contributed by atoms with Crippen molar-refractivity contribution >= 4 is 0 Å². The minimum absolute atomic E-state index is 0.0661. The Morgan fingerprint density at radius 2 is 2.27 bits per heavy atom. The van der Waals surface area contributed by atoms with Crippen LogP contribution < -0.4 is 10.5 Å². The predicted molar refractivity (Wildman–Crippen MR) is 50.8 cm³/mol. The molecule has 4 N–H and O–H groups in total. The van der Waals surface area contributed by atoms with Crippen molar-refractivity contribution < 1.29 is 19.3 Å². The molecule has 0 radical (unpaired) electrons. The molecule has 1 aromatic heterocycles. The average molecular weight is 216 g/mol. The van der Waals surface area contributed by atoms with Gasteiger partial charge in [-0.3, -0.25) is 0 Å². The van der Waals surface area contributed by atoms with Crippen LogP contribution in [0.2, 0.25) is 0 Å². The fraction of sp³-hybridized carbons (Fsp3) is 0.444. The van der Waals surface area contributed by atoms with Crippen molar-refractivity contribution in [3.05, 3.63) is 23.6 Å². The first-order valence-electron chi connectivity index (χ1n) is 4.35. The van der Waals surface area contributed by atoms with Crippen molar-refractivity contribution in [1.29, 1.82) is 0 Å². The Bertz CT molecular complexity index is 335. The molecule has 0 saturated carbocycles. The number of ether oxygens (including phenoxy) is 1. The molecule has 0 spiro atoms. The summed E-state index contributed by atoms with van der Waals surface area (Å²) in [5.41, 5.74) is 5.25. The van der Waals surface area contributed by atoms with Gasteiger partial charge >= 0.3 is 0 Å².